The molecule has 1 aromatic rings. The van der Waals surface area contributed by atoms with E-state index in [1.165, 1.54) is 0 Å². The van der Waals surface area contributed by atoms with Crippen LogP contribution in [0.15, 0.2) is 12.4 Å². The normalized spacial score (nSPS) is 19.5. The Balaban J connectivity index is 1.80. The summed E-state index contributed by atoms with van der Waals surface area (Å²) in [7, 11) is 0. The van der Waals surface area contributed by atoms with Crippen molar-refractivity contribution in [2.75, 3.05) is 32.9 Å². The van der Waals surface area contributed by atoms with Gasteiger partial charge in [0, 0.05) is 13.1 Å². The summed E-state index contributed by atoms with van der Waals surface area (Å²) in [6.07, 6.45) is 4.17. The molecule has 0 saturated carbocycles. The highest BCUT2D eigenvalue weighted by Crippen LogP contribution is 2.12. The molecule has 1 aliphatic heterocycles. The van der Waals surface area contributed by atoms with Crippen LogP contribution in [0.4, 0.5) is 0 Å². The van der Waals surface area contributed by atoms with Crippen LogP contribution in [-0.4, -0.2) is 49.0 Å². The van der Waals surface area contributed by atoms with Crippen molar-refractivity contribution < 1.29 is 14.2 Å². The van der Waals surface area contributed by atoms with Gasteiger partial charge in [-0.05, 0) is 6.42 Å². The first-order valence-electron chi connectivity index (χ1n) is 6.28. The number of nitrogens with one attached hydrogen (secondary N) is 1. The predicted molar refractivity (Wildman–Crippen MR) is 65.9 cm³/mol. The first-order chi connectivity index (χ1) is 8.88. The van der Waals surface area contributed by atoms with Crippen molar-refractivity contribution >= 4 is 0 Å². The van der Waals surface area contributed by atoms with Crippen molar-refractivity contribution in [2.45, 2.75) is 19.4 Å². The maximum absolute atomic E-state index is 5.55. The van der Waals surface area contributed by atoms with E-state index < -0.39 is 0 Å². The van der Waals surface area contributed by atoms with Gasteiger partial charge in [0.25, 0.3) is 0 Å². The zero-order valence-corrected chi connectivity index (χ0v) is 10.6. The van der Waals surface area contributed by atoms with E-state index in [2.05, 4.69) is 15.3 Å². The van der Waals surface area contributed by atoms with Crippen LogP contribution in [0.2, 0.25) is 0 Å². The molecule has 1 aliphatic rings. The molecule has 0 amide bonds. The Morgan fingerprint density at radius 2 is 2.22 bits per heavy atom. The molecular formula is C12H19N3O3. The summed E-state index contributed by atoms with van der Waals surface area (Å²) < 4.78 is 16.5. The van der Waals surface area contributed by atoms with Crippen molar-refractivity contribution in [1.82, 2.24) is 15.3 Å². The van der Waals surface area contributed by atoms with E-state index in [-0.39, 0.29) is 6.10 Å². The van der Waals surface area contributed by atoms with Crippen LogP contribution in [0.3, 0.4) is 0 Å². The molecule has 0 bridgehead atoms. The third-order valence-electron chi connectivity index (χ3n) is 2.47. The van der Waals surface area contributed by atoms with Gasteiger partial charge in [-0.2, -0.15) is 4.98 Å². The van der Waals surface area contributed by atoms with Crippen LogP contribution in [0.25, 0.3) is 0 Å². The zero-order valence-electron chi connectivity index (χ0n) is 10.6. The molecule has 1 saturated heterocycles. The minimum Gasteiger partial charge on any atom is -0.477 e. The number of hydrogen-bond donors (Lipinski definition) is 1. The van der Waals surface area contributed by atoms with Crippen molar-refractivity contribution in [3.8, 4) is 11.8 Å². The number of ether oxygens (including phenoxy) is 3. The molecule has 1 N–H and O–H groups in total. The first-order valence-corrected chi connectivity index (χ1v) is 6.28. The fourth-order valence-electron chi connectivity index (χ4n) is 1.58. The monoisotopic (exact) mass is 253 g/mol. The number of hydrogen-bond acceptors (Lipinski definition) is 6. The summed E-state index contributed by atoms with van der Waals surface area (Å²) in [6, 6.07) is 0. The molecule has 0 radical (unpaired) electrons. The molecule has 1 unspecified atom stereocenters. The van der Waals surface area contributed by atoms with Crippen LogP contribution >= 0.6 is 0 Å². The summed E-state index contributed by atoms with van der Waals surface area (Å²) in [4.78, 5) is 8.24. The Hall–Kier alpha value is -1.40. The number of rotatable bonds is 6. The third kappa shape index (κ3) is 4.12. The van der Waals surface area contributed by atoms with Crippen molar-refractivity contribution in [1.29, 1.82) is 0 Å². The molecule has 0 aliphatic carbocycles. The molecule has 2 rings (SSSR count). The van der Waals surface area contributed by atoms with Gasteiger partial charge in [-0.3, -0.25) is 4.98 Å². The molecule has 0 aromatic carbocycles. The van der Waals surface area contributed by atoms with Gasteiger partial charge in [0.2, 0.25) is 11.8 Å². The van der Waals surface area contributed by atoms with Gasteiger partial charge < -0.3 is 19.5 Å². The fourth-order valence-corrected chi connectivity index (χ4v) is 1.58. The Morgan fingerprint density at radius 1 is 1.39 bits per heavy atom. The molecule has 1 aromatic heterocycles. The molecule has 6 nitrogen and oxygen atoms in total. The largest absolute Gasteiger partial charge is 0.477 e. The van der Waals surface area contributed by atoms with Gasteiger partial charge in [-0.15, -0.1) is 0 Å². The highest BCUT2D eigenvalue weighted by atomic mass is 16.5. The van der Waals surface area contributed by atoms with E-state index in [1.54, 1.807) is 12.4 Å². The van der Waals surface area contributed by atoms with Crippen LogP contribution in [-0.2, 0) is 4.74 Å². The van der Waals surface area contributed by atoms with Gasteiger partial charge >= 0.3 is 0 Å². The van der Waals surface area contributed by atoms with Crippen LogP contribution in [0, 0.1) is 0 Å². The Morgan fingerprint density at radius 3 is 2.94 bits per heavy atom. The average Bonchev–Trinajstić information content (AvgIpc) is 2.44. The topological polar surface area (TPSA) is 65.5 Å². The second-order valence-corrected chi connectivity index (χ2v) is 4.05. The van der Waals surface area contributed by atoms with Gasteiger partial charge in [-0.25, -0.2) is 0 Å². The minimum atomic E-state index is 0.0702. The Kier molecular flexibility index (Phi) is 5.16. The van der Waals surface area contributed by atoms with Crippen molar-refractivity contribution in [2.24, 2.45) is 0 Å². The molecule has 18 heavy (non-hydrogen) atoms. The molecule has 0 spiro atoms. The molecular weight excluding hydrogens is 234 g/mol. The lowest BCUT2D eigenvalue weighted by Gasteiger charge is -2.23. The van der Waals surface area contributed by atoms with Gasteiger partial charge in [0.05, 0.1) is 25.6 Å². The minimum absolute atomic E-state index is 0.0702. The Labute approximate surface area is 107 Å². The second-order valence-electron chi connectivity index (χ2n) is 4.05. The van der Waals surface area contributed by atoms with E-state index in [9.17, 15) is 0 Å². The fraction of sp³-hybridized carbons (Fsp3) is 0.667. The summed E-state index contributed by atoms with van der Waals surface area (Å²) in [5.74, 6) is 0.967. The summed E-state index contributed by atoms with van der Waals surface area (Å²) in [5.41, 5.74) is 0. The van der Waals surface area contributed by atoms with Crippen LogP contribution < -0.4 is 14.8 Å². The van der Waals surface area contributed by atoms with Gasteiger partial charge in [0.1, 0.15) is 12.7 Å². The molecule has 100 valence electrons. The third-order valence-corrected chi connectivity index (χ3v) is 2.47. The summed E-state index contributed by atoms with van der Waals surface area (Å²) in [5, 5.41) is 3.24. The standard InChI is InChI=1S/C12H19N3O3/c1-2-4-17-11-7-14-8-12(15-11)18-9-10-6-13-3-5-16-10/h7-8,10,13H,2-6,9H2,1H3. The maximum Gasteiger partial charge on any atom is 0.235 e. The zero-order chi connectivity index (χ0) is 12.6. The number of nitrogens with zero attached hydrogens (tertiary/aromatic N) is 2. The lowest BCUT2D eigenvalue weighted by molar-refractivity contribution is -0.000952. The Bertz CT molecular complexity index is 356. The highest BCUT2D eigenvalue weighted by molar-refractivity contribution is 5.12. The first kappa shape index (κ1) is 13.0. The van der Waals surface area contributed by atoms with Gasteiger partial charge in [0.15, 0.2) is 0 Å². The molecule has 1 atom stereocenters. The van der Waals surface area contributed by atoms with Crippen LogP contribution in [0.5, 0.6) is 11.8 Å². The van der Waals surface area contributed by atoms with Gasteiger partial charge in [-0.1, -0.05) is 6.92 Å². The maximum atomic E-state index is 5.55. The number of aromatic nitrogens is 2. The lowest BCUT2D eigenvalue weighted by Crippen LogP contribution is -2.41. The average molecular weight is 253 g/mol. The van der Waals surface area contributed by atoms with Crippen LogP contribution in [0.1, 0.15) is 13.3 Å². The smallest absolute Gasteiger partial charge is 0.235 e. The van der Waals surface area contributed by atoms with Crippen molar-refractivity contribution in [3.05, 3.63) is 12.4 Å². The second kappa shape index (κ2) is 7.13. The highest BCUT2D eigenvalue weighted by Gasteiger charge is 2.14. The van der Waals surface area contributed by atoms with E-state index in [1.807, 2.05) is 6.92 Å². The summed E-state index contributed by atoms with van der Waals surface area (Å²) >= 11 is 0. The number of morpholine rings is 1. The predicted octanol–water partition coefficient (Wildman–Crippen LogP) is 0.633. The SMILES string of the molecule is CCCOc1cncc(OCC2CNCCO2)n1. The molecule has 2 heterocycles. The molecule has 6 heteroatoms. The van der Waals surface area contributed by atoms with E-state index >= 15 is 0 Å². The summed E-state index contributed by atoms with van der Waals surface area (Å²) in [6.45, 7) is 5.57. The van der Waals surface area contributed by atoms with Crippen molar-refractivity contribution in [3.63, 3.8) is 0 Å². The van der Waals surface area contributed by atoms with E-state index in [4.69, 9.17) is 14.2 Å². The van der Waals surface area contributed by atoms with E-state index in [0.29, 0.717) is 25.0 Å². The molecule has 1 fully saturated rings. The van der Waals surface area contributed by atoms with E-state index in [0.717, 1.165) is 26.1 Å². The lowest BCUT2D eigenvalue weighted by atomic mass is 10.3. The quantitative estimate of drug-likeness (QED) is 0.802.